The average Bonchev–Trinajstić information content (AvgIpc) is 3.10. The lowest BCUT2D eigenvalue weighted by atomic mass is 9.72. The monoisotopic (exact) mass is 703 g/mol. The highest BCUT2D eigenvalue weighted by atomic mass is 32.2. The molecule has 0 spiro atoms. The van der Waals surface area contributed by atoms with Crippen molar-refractivity contribution in [1.29, 1.82) is 0 Å². The van der Waals surface area contributed by atoms with Gasteiger partial charge in [-0.25, -0.2) is 0 Å². The summed E-state index contributed by atoms with van der Waals surface area (Å²) in [6, 6.07) is 22.9. The number of hydrogen-bond donors (Lipinski definition) is 6. The molecule has 6 aromatic rings. The molecule has 6 aromatic carbocycles. The summed E-state index contributed by atoms with van der Waals surface area (Å²) in [7, 11) is -4.78. The first-order valence-corrected chi connectivity index (χ1v) is 17.9. The van der Waals surface area contributed by atoms with Gasteiger partial charge >= 0.3 is 0 Å². The molecule has 0 aromatic heterocycles. The van der Waals surface area contributed by atoms with Crippen molar-refractivity contribution in [3.8, 4) is 39.9 Å². The molecule has 1 unspecified atom stereocenters. The summed E-state index contributed by atoms with van der Waals surface area (Å²) in [6.45, 7) is 3.36. The first-order chi connectivity index (χ1) is 24.4. The van der Waals surface area contributed by atoms with E-state index in [0.29, 0.717) is 35.0 Å². The Morgan fingerprint density at radius 1 is 0.784 bits per heavy atom. The molecule has 2 atom stereocenters. The second-order valence-corrected chi connectivity index (χ2v) is 14.5. The second-order valence-electron chi connectivity index (χ2n) is 13.1. The highest BCUT2D eigenvalue weighted by Gasteiger charge is 2.40. The molecule has 0 radical (unpaired) electrons. The first-order valence-electron chi connectivity index (χ1n) is 16.5. The Morgan fingerprint density at radius 2 is 1.53 bits per heavy atom. The lowest BCUT2D eigenvalue weighted by Gasteiger charge is -2.45. The van der Waals surface area contributed by atoms with E-state index < -0.39 is 20.8 Å². The predicted molar refractivity (Wildman–Crippen MR) is 192 cm³/mol. The van der Waals surface area contributed by atoms with Crippen LogP contribution in [0.4, 0.5) is 11.4 Å². The van der Waals surface area contributed by atoms with Gasteiger partial charge in [-0.1, -0.05) is 55.5 Å². The SMILES string of the molecule is CCCN1CC(c2ccc3c(S(=O)(=O)O)cc(O)c(N=Nc4c(O)ccc5ccccc45)c3c2)c2cc(O)cc3c2[C@H]1Cc1ccc(O)c(O)c1-3. The van der Waals surface area contributed by atoms with E-state index in [2.05, 4.69) is 22.1 Å². The van der Waals surface area contributed by atoms with Crippen molar-refractivity contribution in [1.82, 2.24) is 4.90 Å². The molecule has 1 aliphatic heterocycles. The van der Waals surface area contributed by atoms with E-state index in [1.165, 1.54) is 12.1 Å². The predicted octanol–water partition coefficient (Wildman–Crippen LogP) is 8.30. The molecule has 8 rings (SSSR count). The fourth-order valence-corrected chi connectivity index (χ4v) is 8.60. The van der Waals surface area contributed by atoms with Gasteiger partial charge in [0.25, 0.3) is 10.1 Å². The molecule has 0 saturated carbocycles. The van der Waals surface area contributed by atoms with Gasteiger partial charge in [-0.3, -0.25) is 9.45 Å². The molecule has 6 N–H and O–H groups in total. The van der Waals surface area contributed by atoms with Gasteiger partial charge in [-0.05, 0) is 82.9 Å². The normalized spacial score (nSPS) is 17.2. The van der Waals surface area contributed by atoms with Crippen molar-refractivity contribution in [2.24, 2.45) is 10.2 Å². The molecule has 0 bridgehead atoms. The molecule has 2 aliphatic rings. The molecule has 11 nitrogen and oxygen atoms in total. The lowest BCUT2D eigenvalue weighted by molar-refractivity contribution is 0.172. The maximum atomic E-state index is 12.5. The molecular formula is C39H33N3O8S. The number of phenols is 5. The first kappa shape index (κ1) is 32.5. The second kappa shape index (κ2) is 12.0. The summed E-state index contributed by atoms with van der Waals surface area (Å²) in [5, 5.41) is 64.8. The third-order valence-corrected chi connectivity index (χ3v) is 11.0. The van der Waals surface area contributed by atoms with Crippen LogP contribution in [-0.4, -0.2) is 56.5 Å². The number of fused-ring (bicyclic) bond motifs is 4. The van der Waals surface area contributed by atoms with Gasteiger partial charge in [0.05, 0.1) is 0 Å². The zero-order valence-electron chi connectivity index (χ0n) is 27.3. The van der Waals surface area contributed by atoms with Crippen LogP contribution < -0.4 is 0 Å². The van der Waals surface area contributed by atoms with E-state index in [4.69, 9.17) is 0 Å². The summed E-state index contributed by atoms with van der Waals surface area (Å²) >= 11 is 0. The number of benzene rings is 6. The molecule has 0 fully saturated rings. The van der Waals surface area contributed by atoms with Crippen LogP contribution in [0.3, 0.4) is 0 Å². The van der Waals surface area contributed by atoms with Crippen molar-refractivity contribution in [2.75, 3.05) is 13.1 Å². The Labute approximate surface area is 292 Å². The number of azo groups is 1. The molecule has 0 saturated heterocycles. The molecule has 12 heteroatoms. The number of nitrogens with zero attached hydrogens (tertiary/aromatic N) is 3. The van der Waals surface area contributed by atoms with E-state index in [-0.39, 0.29) is 57.1 Å². The Morgan fingerprint density at radius 3 is 2.29 bits per heavy atom. The third kappa shape index (κ3) is 5.30. The highest BCUT2D eigenvalue weighted by Crippen LogP contribution is 2.54. The molecule has 51 heavy (non-hydrogen) atoms. The summed E-state index contributed by atoms with van der Waals surface area (Å²) in [4.78, 5) is 1.84. The Bertz CT molecular complexity index is 2570. The maximum Gasteiger partial charge on any atom is 0.295 e. The van der Waals surface area contributed by atoms with Crippen molar-refractivity contribution in [3.63, 3.8) is 0 Å². The fraction of sp³-hybridized carbons (Fsp3) is 0.179. The molecule has 1 aliphatic carbocycles. The number of rotatable bonds is 6. The largest absolute Gasteiger partial charge is 0.508 e. The van der Waals surface area contributed by atoms with Gasteiger partial charge in [-0.2, -0.15) is 8.42 Å². The molecule has 258 valence electrons. The van der Waals surface area contributed by atoms with Gasteiger partial charge in [0.15, 0.2) is 11.5 Å². The summed E-state index contributed by atoms with van der Waals surface area (Å²) < 4.78 is 35.2. The van der Waals surface area contributed by atoms with E-state index in [1.807, 2.05) is 12.1 Å². The van der Waals surface area contributed by atoms with Crippen LogP contribution in [0.2, 0.25) is 0 Å². The van der Waals surface area contributed by atoms with Crippen LogP contribution in [0.1, 0.15) is 47.6 Å². The summed E-state index contributed by atoms with van der Waals surface area (Å²) in [5.41, 5.74) is 4.44. The van der Waals surface area contributed by atoms with Gasteiger partial charge in [0.1, 0.15) is 33.5 Å². The Kier molecular flexibility index (Phi) is 7.63. The van der Waals surface area contributed by atoms with Crippen LogP contribution in [0.15, 0.2) is 100 Å². The van der Waals surface area contributed by atoms with E-state index in [0.717, 1.165) is 41.1 Å². The Balaban J connectivity index is 1.35. The van der Waals surface area contributed by atoms with Gasteiger partial charge in [0.2, 0.25) is 0 Å². The molecule has 0 amide bonds. The minimum Gasteiger partial charge on any atom is -0.508 e. The summed E-state index contributed by atoms with van der Waals surface area (Å²) in [5.74, 6) is -1.60. The minimum absolute atomic E-state index is 0.0245. The smallest absolute Gasteiger partial charge is 0.295 e. The quantitative estimate of drug-likeness (QED) is 0.0564. The van der Waals surface area contributed by atoms with E-state index in [9.17, 15) is 38.5 Å². The van der Waals surface area contributed by atoms with Crippen molar-refractivity contribution in [2.45, 2.75) is 36.6 Å². The zero-order chi connectivity index (χ0) is 35.8. The average molecular weight is 704 g/mol. The van der Waals surface area contributed by atoms with Crippen molar-refractivity contribution < 1.29 is 38.5 Å². The number of hydrogen-bond acceptors (Lipinski definition) is 10. The molecule has 1 heterocycles. The van der Waals surface area contributed by atoms with Crippen LogP contribution in [0.25, 0.3) is 32.7 Å². The van der Waals surface area contributed by atoms with Gasteiger partial charge < -0.3 is 25.5 Å². The lowest BCUT2D eigenvalue weighted by Crippen LogP contribution is -2.41. The van der Waals surface area contributed by atoms with E-state index >= 15 is 0 Å². The maximum absolute atomic E-state index is 12.5. The van der Waals surface area contributed by atoms with Crippen LogP contribution >= 0.6 is 0 Å². The van der Waals surface area contributed by atoms with Crippen LogP contribution in [0, 0.1) is 0 Å². The Hall–Kier alpha value is -5.69. The fourth-order valence-electron chi connectivity index (χ4n) is 7.89. The van der Waals surface area contributed by atoms with Crippen molar-refractivity contribution in [3.05, 3.63) is 107 Å². The van der Waals surface area contributed by atoms with Crippen molar-refractivity contribution >= 4 is 43.0 Å². The van der Waals surface area contributed by atoms with Crippen LogP contribution in [-0.2, 0) is 16.5 Å². The molecular weight excluding hydrogens is 671 g/mol. The van der Waals surface area contributed by atoms with E-state index in [1.54, 1.807) is 54.6 Å². The zero-order valence-corrected chi connectivity index (χ0v) is 28.1. The minimum atomic E-state index is -4.78. The van der Waals surface area contributed by atoms with Gasteiger partial charge in [-0.15, -0.1) is 10.2 Å². The summed E-state index contributed by atoms with van der Waals surface area (Å²) in [6.07, 6.45) is 1.43. The number of aromatic hydroxyl groups is 5. The topological polar surface area (TPSA) is 183 Å². The van der Waals surface area contributed by atoms with Crippen LogP contribution in [0.5, 0.6) is 28.7 Å². The third-order valence-electron chi connectivity index (χ3n) is 10.1. The van der Waals surface area contributed by atoms with Gasteiger partial charge in [0, 0.05) is 46.3 Å². The number of phenolic OH excluding ortho intramolecular Hbond substituents is 5. The standard InChI is InChI=1S/C39H33N3O8S/c1-2-13-42-19-29(26-16-23(43)17-28-35-22(15-30(42)36(26)28)9-12-32(45)39(35)47)21-7-10-25-27(14-21)38(33(46)18-34(25)51(48,49)50)41-40-37-24-6-4-3-5-20(24)8-11-31(37)44/h3-12,14,16-18,29-30,43-47H,2,13,15,19H2,1H3,(H,48,49,50)/t29?,30-/m1/s1. The highest BCUT2D eigenvalue weighted by molar-refractivity contribution is 7.86.